The maximum Gasteiger partial charge on any atom is 0.332 e. The number of carbonyl (C=O) groups is 1. The van der Waals surface area contributed by atoms with E-state index in [2.05, 4.69) is 0 Å². The Kier molecular flexibility index (Phi) is 4.60. The van der Waals surface area contributed by atoms with Crippen molar-refractivity contribution in [2.45, 2.75) is 6.42 Å². The predicted molar refractivity (Wildman–Crippen MR) is 65.5 cm³/mol. The standard InChI is InChI=1S/C12H10N2O5/c1-19-10-2-3-11(14(17)18)9(7-10)6-8(4-5-13)12(15)16/h2-3,6-7H,4H2,1H3,(H,15,16)/b8-6+. The van der Waals surface area contributed by atoms with Gasteiger partial charge >= 0.3 is 5.97 Å². The van der Waals surface area contributed by atoms with E-state index in [0.717, 1.165) is 6.08 Å². The molecule has 1 aromatic rings. The van der Waals surface area contributed by atoms with Gasteiger partial charge in [0, 0.05) is 6.07 Å². The summed E-state index contributed by atoms with van der Waals surface area (Å²) in [5.41, 5.74) is -0.395. The lowest BCUT2D eigenvalue weighted by atomic mass is 10.1. The molecule has 0 saturated heterocycles. The molecule has 7 nitrogen and oxygen atoms in total. The Morgan fingerprint density at radius 3 is 2.79 bits per heavy atom. The smallest absolute Gasteiger partial charge is 0.332 e. The fourth-order valence-electron chi connectivity index (χ4n) is 1.40. The second-order valence-electron chi connectivity index (χ2n) is 3.49. The number of nitriles is 1. The number of aliphatic carboxylic acids is 1. The number of hydrogen-bond acceptors (Lipinski definition) is 5. The third-order valence-electron chi connectivity index (χ3n) is 2.31. The number of nitrogens with zero attached hydrogens (tertiary/aromatic N) is 2. The first-order chi connectivity index (χ1) is 8.99. The first-order valence-electron chi connectivity index (χ1n) is 5.12. The fraction of sp³-hybridized carbons (Fsp3) is 0.167. The quantitative estimate of drug-likeness (QED) is 0.493. The summed E-state index contributed by atoms with van der Waals surface area (Å²) >= 11 is 0. The molecule has 0 spiro atoms. The molecule has 0 fully saturated rings. The molecule has 1 N–H and O–H groups in total. The van der Waals surface area contributed by atoms with Crippen LogP contribution in [0.1, 0.15) is 12.0 Å². The van der Waals surface area contributed by atoms with Crippen LogP contribution in [0.3, 0.4) is 0 Å². The van der Waals surface area contributed by atoms with Crippen molar-refractivity contribution in [2.75, 3.05) is 7.11 Å². The number of ether oxygens (including phenoxy) is 1. The Bertz CT molecular complexity index is 586. The van der Waals surface area contributed by atoms with Crippen molar-refractivity contribution < 1.29 is 19.6 Å². The van der Waals surface area contributed by atoms with Gasteiger partial charge in [0.15, 0.2) is 0 Å². The van der Waals surface area contributed by atoms with E-state index in [1.807, 2.05) is 0 Å². The van der Waals surface area contributed by atoms with Crippen LogP contribution in [0.25, 0.3) is 6.08 Å². The number of methoxy groups -OCH3 is 1. The molecule has 0 aliphatic heterocycles. The van der Waals surface area contributed by atoms with E-state index in [1.54, 1.807) is 6.07 Å². The number of nitro benzene ring substituents is 1. The van der Waals surface area contributed by atoms with Crippen molar-refractivity contribution in [1.29, 1.82) is 5.26 Å². The number of carboxylic acid groups (broad SMARTS) is 1. The first kappa shape index (κ1) is 14.2. The number of hydrogen-bond donors (Lipinski definition) is 1. The topological polar surface area (TPSA) is 113 Å². The number of rotatable bonds is 5. The molecule has 0 unspecified atom stereocenters. The molecular formula is C12H10N2O5. The van der Waals surface area contributed by atoms with Crippen molar-refractivity contribution in [2.24, 2.45) is 0 Å². The monoisotopic (exact) mass is 262 g/mol. The third kappa shape index (κ3) is 3.54. The highest BCUT2D eigenvalue weighted by Crippen LogP contribution is 2.26. The molecular weight excluding hydrogens is 252 g/mol. The molecule has 0 aliphatic carbocycles. The molecule has 0 bridgehead atoms. The lowest BCUT2D eigenvalue weighted by Gasteiger charge is -2.03. The maximum atomic E-state index is 10.9. The average Bonchev–Trinajstić information content (AvgIpc) is 2.37. The van der Waals surface area contributed by atoms with Crippen molar-refractivity contribution in [3.8, 4) is 11.8 Å². The lowest BCUT2D eigenvalue weighted by Crippen LogP contribution is -2.00. The zero-order chi connectivity index (χ0) is 14.4. The summed E-state index contributed by atoms with van der Waals surface area (Å²) in [5, 5.41) is 28.3. The molecule has 98 valence electrons. The maximum absolute atomic E-state index is 10.9. The van der Waals surface area contributed by atoms with Crippen molar-refractivity contribution in [1.82, 2.24) is 0 Å². The van der Waals surface area contributed by atoms with Crippen LogP contribution < -0.4 is 4.74 Å². The summed E-state index contributed by atoms with van der Waals surface area (Å²) in [6.45, 7) is 0. The molecule has 1 aromatic carbocycles. The minimum Gasteiger partial charge on any atom is -0.497 e. The van der Waals surface area contributed by atoms with Crippen molar-refractivity contribution in [3.05, 3.63) is 39.4 Å². The zero-order valence-electron chi connectivity index (χ0n) is 9.99. The summed E-state index contributed by atoms with van der Waals surface area (Å²) in [7, 11) is 1.39. The van der Waals surface area contributed by atoms with Crippen LogP contribution in [0.5, 0.6) is 5.75 Å². The number of nitro groups is 1. The van der Waals surface area contributed by atoms with E-state index in [-0.39, 0.29) is 23.2 Å². The van der Waals surface area contributed by atoms with Gasteiger partial charge in [-0.25, -0.2) is 4.79 Å². The molecule has 0 amide bonds. The minimum atomic E-state index is -1.29. The fourth-order valence-corrected chi connectivity index (χ4v) is 1.40. The minimum absolute atomic E-state index is 0.0806. The SMILES string of the molecule is COc1ccc([N+](=O)[O-])c(/C=C(\CC#N)C(=O)O)c1. The van der Waals surface area contributed by atoms with Gasteiger partial charge in [-0.1, -0.05) is 0 Å². The van der Waals surface area contributed by atoms with Gasteiger partial charge < -0.3 is 9.84 Å². The molecule has 0 saturated carbocycles. The van der Waals surface area contributed by atoms with E-state index in [9.17, 15) is 14.9 Å². The van der Waals surface area contributed by atoms with Gasteiger partial charge in [0.2, 0.25) is 0 Å². The normalized spacial score (nSPS) is 10.6. The van der Waals surface area contributed by atoms with Crippen LogP contribution in [0.15, 0.2) is 23.8 Å². The largest absolute Gasteiger partial charge is 0.497 e. The Balaban J connectivity index is 3.37. The summed E-state index contributed by atoms with van der Waals surface area (Å²) in [4.78, 5) is 21.1. The second kappa shape index (κ2) is 6.16. The van der Waals surface area contributed by atoms with Crippen molar-refractivity contribution >= 4 is 17.7 Å². The van der Waals surface area contributed by atoms with Crippen LogP contribution in [0, 0.1) is 21.4 Å². The Hall–Kier alpha value is -2.88. The Morgan fingerprint density at radius 2 is 2.32 bits per heavy atom. The van der Waals surface area contributed by atoms with Gasteiger partial charge in [-0.3, -0.25) is 10.1 Å². The van der Waals surface area contributed by atoms with E-state index in [4.69, 9.17) is 15.1 Å². The van der Waals surface area contributed by atoms with Crippen LogP contribution in [-0.2, 0) is 4.79 Å². The number of benzene rings is 1. The second-order valence-corrected chi connectivity index (χ2v) is 3.49. The van der Waals surface area contributed by atoms with Gasteiger partial charge in [0.1, 0.15) is 5.75 Å². The molecule has 0 aliphatic rings. The van der Waals surface area contributed by atoms with Crippen LogP contribution in [0.4, 0.5) is 5.69 Å². The molecule has 0 atom stereocenters. The summed E-state index contributed by atoms with van der Waals surface area (Å²) < 4.78 is 4.93. The van der Waals surface area contributed by atoms with E-state index >= 15 is 0 Å². The number of carboxylic acids is 1. The predicted octanol–water partition coefficient (Wildman–Crippen LogP) is 1.99. The van der Waals surface area contributed by atoms with E-state index in [1.165, 1.54) is 25.3 Å². The van der Waals surface area contributed by atoms with Gasteiger partial charge in [0.25, 0.3) is 5.69 Å². The van der Waals surface area contributed by atoms with Gasteiger partial charge in [-0.05, 0) is 18.2 Å². The average molecular weight is 262 g/mol. The Morgan fingerprint density at radius 1 is 1.63 bits per heavy atom. The highest BCUT2D eigenvalue weighted by Gasteiger charge is 2.15. The summed E-state index contributed by atoms with van der Waals surface area (Å²) in [5.74, 6) is -0.933. The highest BCUT2D eigenvalue weighted by atomic mass is 16.6. The van der Waals surface area contributed by atoms with Gasteiger partial charge in [-0.15, -0.1) is 0 Å². The van der Waals surface area contributed by atoms with Gasteiger partial charge in [-0.2, -0.15) is 5.26 Å². The van der Waals surface area contributed by atoms with E-state index in [0.29, 0.717) is 5.75 Å². The zero-order valence-corrected chi connectivity index (χ0v) is 9.99. The highest BCUT2D eigenvalue weighted by molar-refractivity contribution is 5.93. The molecule has 0 aromatic heterocycles. The molecule has 19 heavy (non-hydrogen) atoms. The van der Waals surface area contributed by atoms with Crippen LogP contribution >= 0.6 is 0 Å². The summed E-state index contributed by atoms with van der Waals surface area (Å²) in [6.07, 6.45) is 0.760. The van der Waals surface area contributed by atoms with Crippen LogP contribution in [0.2, 0.25) is 0 Å². The van der Waals surface area contributed by atoms with E-state index < -0.39 is 10.9 Å². The van der Waals surface area contributed by atoms with Crippen molar-refractivity contribution in [3.63, 3.8) is 0 Å². The lowest BCUT2D eigenvalue weighted by molar-refractivity contribution is -0.385. The summed E-state index contributed by atoms with van der Waals surface area (Å²) in [6, 6.07) is 5.66. The molecule has 0 heterocycles. The first-order valence-corrected chi connectivity index (χ1v) is 5.12. The third-order valence-corrected chi connectivity index (χ3v) is 2.31. The molecule has 7 heteroatoms. The Labute approximate surface area is 108 Å². The molecule has 1 rings (SSSR count). The molecule has 0 radical (unpaired) electrons. The van der Waals surface area contributed by atoms with Crippen LogP contribution in [-0.4, -0.2) is 23.1 Å². The van der Waals surface area contributed by atoms with Gasteiger partial charge in [0.05, 0.1) is 35.7 Å².